The molecule has 0 saturated heterocycles. The standard InChI is InChI=1S/C13H14F3N3OS/c1-2-5-20-11-4-3-9(6-17-11)7-18-12-19-8-10(21-12)13(14,15)16/h3-4,6,8H,2,5,7H2,1H3,(H,18,19). The molecule has 0 spiro atoms. The Labute approximate surface area is 124 Å². The first-order chi connectivity index (χ1) is 9.99. The van der Waals surface area contributed by atoms with Crippen molar-refractivity contribution in [2.75, 3.05) is 11.9 Å². The van der Waals surface area contributed by atoms with Crippen LogP contribution in [0, 0.1) is 0 Å². The summed E-state index contributed by atoms with van der Waals surface area (Å²) in [5, 5.41) is 3.07. The SMILES string of the molecule is CCCOc1ccc(CNc2ncc(C(F)(F)F)s2)cn1. The van der Waals surface area contributed by atoms with Crippen molar-refractivity contribution >= 4 is 16.5 Å². The molecule has 0 bridgehead atoms. The van der Waals surface area contributed by atoms with Gasteiger partial charge in [-0.3, -0.25) is 0 Å². The van der Waals surface area contributed by atoms with Crippen LogP contribution >= 0.6 is 11.3 Å². The normalized spacial score (nSPS) is 11.4. The smallest absolute Gasteiger partial charge is 0.427 e. The molecule has 8 heteroatoms. The average Bonchev–Trinajstić information content (AvgIpc) is 2.93. The quantitative estimate of drug-likeness (QED) is 0.876. The predicted octanol–water partition coefficient (Wildman–Crippen LogP) is 3.96. The van der Waals surface area contributed by atoms with E-state index < -0.39 is 11.1 Å². The molecule has 0 aliphatic heterocycles. The fourth-order valence-electron chi connectivity index (χ4n) is 1.47. The Morgan fingerprint density at radius 3 is 2.62 bits per heavy atom. The van der Waals surface area contributed by atoms with Crippen LogP contribution in [0.3, 0.4) is 0 Å². The molecular weight excluding hydrogens is 303 g/mol. The van der Waals surface area contributed by atoms with Crippen molar-refractivity contribution < 1.29 is 17.9 Å². The van der Waals surface area contributed by atoms with Crippen molar-refractivity contribution in [1.29, 1.82) is 0 Å². The Bertz CT molecular complexity index is 569. The second-order valence-corrected chi connectivity index (χ2v) is 5.26. The van der Waals surface area contributed by atoms with Gasteiger partial charge in [0, 0.05) is 18.8 Å². The van der Waals surface area contributed by atoms with Crippen LogP contribution in [-0.2, 0) is 12.7 Å². The maximum Gasteiger partial charge on any atom is 0.427 e. The van der Waals surface area contributed by atoms with E-state index in [1.165, 1.54) is 0 Å². The molecule has 2 heterocycles. The number of halogens is 3. The van der Waals surface area contributed by atoms with Gasteiger partial charge in [-0.2, -0.15) is 13.2 Å². The van der Waals surface area contributed by atoms with Gasteiger partial charge in [0.1, 0.15) is 4.88 Å². The van der Waals surface area contributed by atoms with Gasteiger partial charge in [0.15, 0.2) is 5.13 Å². The molecule has 21 heavy (non-hydrogen) atoms. The third-order valence-electron chi connectivity index (χ3n) is 2.48. The Morgan fingerprint density at radius 2 is 2.05 bits per heavy atom. The van der Waals surface area contributed by atoms with Crippen LogP contribution in [0.25, 0.3) is 0 Å². The zero-order valence-electron chi connectivity index (χ0n) is 11.3. The van der Waals surface area contributed by atoms with Gasteiger partial charge >= 0.3 is 6.18 Å². The summed E-state index contributed by atoms with van der Waals surface area (Å²) in [5.41, 5.74) is 0.836. The number of nitrogens with zero attached hydrogens (tertiary/aromatic N) is 2. The van der Waals surface area contributed by atoms with Crippen LogP contribution in [0.1, 0.15) is 23.8 Å². The molecule has 4 nitrogen and oxygen atoms in total. The predicted molar refractivity (Wildman–Crippen MR) is 74.5 cm³/mol. The van der Waals surface area contributed by atoms with E-state index in [9.17, 15) is 13.2 Å². The van der Waals surface area contributed by atoms with Gasteiger partial charge in [-0.25, -0.2) is 9.97 Å². The number of nitrogens with one attached hydrogen (secondary N) is 1. The molecule has 0 radical (unpaired) electrons. The average molecular weight is 317 g/mol. The number of ether oxygens (including phenoxy) is 1. The Balaban J connectivity index is 1.89. The molecule has 2 aromatic heterocycles. The lowest BCUT2D eigenvalue weighted by Crippen LogP contribution is -2.01. The highest BCUT2D eigenvalue weighted by Crippen LogP contribution is 2.35. The summed E-state index contributed by atoms with van der Waals surface area (Å²) in [6, 6.07) is 3.54. The van der Waals surface area contributed by atoms with Gasteiger partial charge in [-0.1, -0.05) is 24.3 Å². The number of hydrogen-bond acceptors (Lipinski definition) is 5. The maximum absolute atomic E-state index is 12.4. The first kappa shape index (κ1) is 15.6. The molecule has 2 aromatic rings. The fraction of sp³-hybridized carbons (Fsp3) is 0.385. The molecular formula is C13H14F3N3OS. The molecule has 0 atom stereocenters. The largest absolute Gasteiger partial charge is 0.478 e. The highest BCUT2D eigenvalue weighted by atomic mass is 32.1. The van der Waals surface area contributed by atoms with E-state index in [1.807, 2.05) is 13.0 Å². The maximum atomic E-state index is 12.4. The van der Waals surface area contributed by atoms with Crippen LogP contribution in [-0.4, -0.2) is 16.6 Å². The summed E-state index contributed by atoms with van der Waals surface area (Å²) in [5.74, 6) is 0.536. The lowest BCUT2D eigenvalue weighted by Gasteiger charge is -2.05. The van der Waals surface area contributed by atoms with Gasteiger partial charge in [-0.05, 0) is 12.0 Å². The number of alkyl halides is 3. The van der Waals surface area contributed by atoms with Gasteiger partial charge in [0.25, 0.3) is 0 Å². The van der Waals surface area contributed by atoms with E-state index in [2.05, 4.69) is 15.3 Å². The number of hydrogen-bond donors (Lipinski definition) is 1. The van der Waals surface area contributed by atoms with Crippen molar-refractivity contribution in [3.8, 4) is 5.88 Å². The summed E-state index contributed by atoms with van der Waals surface area (Å²) >= 11 is 0.581. The Kier molecular flexibility index (Phi) is 5.00. The van der Waals surface area contributed by atoms with Gasteiger partial charge in [0.05, 0.1) is 12.8 Å². The Morgan fingerprint density at radius 1 is 1.24 bits per heavy atom. The van der Waals surface area contributed by atoms with Gasteiger partial charge in [-0.15, -0.1) is 0 Å². The first-order valence-electron chi connectivity index (χ1n) is 6.33. The highest BCUT2D eigenvalue weighted by Gasteiger charge is 2.33. The molecule has 0 aliphatic carbocycles. The summed E-state index contributed by atoms with van der Waals surface area (Å²) < 4.78 is 42.6. The molecule has 0 aromatic carbocycles. The van der Waals surface area contributed by atoms with Crippen molar-refractivity contribution in [3.05, 3.63) is 35.0 Å². The second kappa shape index (κ2) is 6.75. The van der Waals surface area contributed by atoms with E-state index in [0.29, 0.717) is 30.4 Å². The molecule has 114 valence electrons. The number of rotatable bonds is 6. The number of anilines is 1. The van der Waals surface area contributed by atoms with Crippen LogP contribution in [0.4, 0.5) is 18.3 Å². The van der Waals surface area contributed by atoms with E-state index in [0.717, 1.165) is 18.2 Å². The number of aromatic nitrogens is 2. The number of pyridine rings is 1. The lowest BCUT2D eigenvalue weighted by atomic mass is 10.3. The third kappa shape index (κ3) is 4.59. The minimum atomic E-state index is -4.35. The minimum absolute atomic E-state index is 0.230. The molecule has 1 N–H and O–H groups in total. The fourth-order valence-corrected chi connectivity index (χ4v) is 2.15. The highest BCUT2D eigenvalue weighted by molar-refractivity contribution is 7.15. The first-order valence-corrected chi connectivity index (χ1v) is 7.15. The van der Waals surface area contributed by atoms with Crippen molar-refractivity contribution in [2.45, 2.75) is 26.1 Å². The van der Waals surface area contributed by atoms with E-state index in [4.69, 9.17) is 4.74 Å². The van der Waals surface area contributed by atoms with E-state index in [1.54, 1.807) is 12.3 Å². The van der Waals surface area contributed by atoms with Crippen molar-refractivity contribution in [3.63, 3.8) is 0 Å². The summed E-state index contributed by atoms with van der Waals surface area (Å²) in [6.45, 7) is 2.96. The minimum Gasteiger partial charge on any atom is -0.478 e. The van der Waals surface area contributed by atoms with E-state index in [-0.39, 0.29) is 5.13 Å². The van der Waals surface area contributed by atoms with E-state index >= 15 is 0 Å². The van der Waals surface area contributed by atoms with Crippen LogP contribution in [0.2, 0.25) is 0 Å². The Hall–Kier alpha value is -1.83. The number of thiazole rings is 1. The second-order valence-electron chi connectivity index (χ2n) is 4.23. The molecule has 0 amide bonds. The van der Waals surface area contributed by atoms with Crippen molar-refractivity contribution in [2.24, 2.45) is 0 Å². The molecule has 0 aliphatic rings. The van der Waals surface area contributed by atoms with Gasteiger partial charge in [0.2, 0.25) is 5.88 Å². The van der Waals surface area contributed by atoms with Crippen LogP contribution < -0.4 is 10.1 Å². The molecule has 0 fully saturated rings. The third-order valence-corrected chi connectivity index (χ3v) is 3.48. The topological polar surface area (TPSA) is 47.0 Å². The monoisotopic (exact) mass is 317 g/mol. The van der Waals surface area contributed by atoms with Crippen LogP contribution in [0.15, 0.2) is 24.5 Å². The molecule has 0 saturated carbocycles. The van der Waals surface area contributed by atoms with Crippen LogP contribution in [0.5, 0.6) is 5.88 Å². The van der Waals surface area contributed by atoms with Crippen molar-refractivity contribution in [1.82, 2.24) is 9.97 Å². The van der Waals surface area contributed by atoms with Gasteiger partial charge < -0.3 is 10.1 Å². The zero-order valence-corrected chi connectivity index (χ0v) is 12.1. The lowest BCUT2D eigenvalue weighted by molar-refractivity contribution is -0.134. The summed E-state index contributed by atoms with van der Waals surface area (Å²) in [4.78, 5) is 7.10. The molecule has 2 rings (SSSR count). The summed E-state index contributed by atoms with van der Waals surface area (Å²) in [7, 11) is 0. The molecule has 0 unspecified atom stereocenters. The summed E-state index contributed by atoms with van der Waals surface area (Å²) in [6.07, 6.45) is -1.00. The zero-order chi connectivity index (χ0) is 15.3.